The number of phenolic OH excluding ortho intramolecular Hbond substituents is 2. The van der Waals surface area contributed by atoms with E-state index >= 15 is 0 Å². The number of aromatic hydroxyl groups is 2. The molecule has 1 aliphatic heterocycles. The molecule has 1 aromatic rings. The van der Waals surface area contributed by atoms with Gasteiger partial charge in [0.15, 0.2) is 0 Å². The summed E-state index contributed by atoms with van der Waals surface area (Å²) in [5.41, 5.74) is 0.366. The van der Waals surface area contributed by atoms with Gasteiger partial charge >= 0.3 is 5.97 Å². The lowest BCUT2D eigenvalue weighted by Gasteiger charge is -2.18. The summed E-state index contributed by atoms with van der Waals surface area (Å²) in [5.74, 6) is -1.29. The number of fused-ring (bicyclic) bond motifs is 1. The van der Waals surface area contributed by atoms with Gasteiger partial charge in [0, 0.05) is 12.1 Å². The summed E-state index contributed by atoms with van der Waals surface area (Å²) in [6.07, 6.45) is 1.69. The second kappa shape index (κ2) is 3.20. The largest absolute Gasteiger partial charge is 0.508 e. The van der Waals surface area contributed by atoms with Crippen LogP contribution in [0.3, 0.4) is 0 Å². The van der Waals surface area contributed by atoms with Gasteiger partial charge in [0.1, 0.15) is 17.2 Å². The number of carboxylic acids is 1. The smallest absolute Gasteiger partial charge is 0.349 e. The summed E-state index contributed by atoms with van der Waals surface area (Å²) < 4.78 is 5.05. The molecule has 5 nitrogen and oxygen atoms in total. The van der Waals surface area contributed by atoms with Crippen LogP contribution in [0.2, 0.25) is 0 Å². The number of aliphatic carboxylic acids is 1. The summed E-state index contributed by atoms with van der Waals surface area (Å²) >= 11 is 0. The minimum Gasteiger partial charge on any atom is -0.508 e. The van der Waals surface area contributed by atoms with Crippen molar-refractivity contribution in [3.63, 3.8) is 0 Å². The quantitative estimate of drug-likeness (QED) is 0.639. The third kappa shape index (κ3) is 1.59. The number of ether oxygens (including phenoxy) is 1. The summed E-state index contributed by atoms with van der Waals surface area (Å²) in [5, 5.41) is 27.3. The molecule has 78 valence electrons. The normalized spacial score (nSPS) is 18.0. The minimum absolute atomic E-state index is 0.148. The first kappa shape index (κ1) is 9.39. The molecule has 0 bridgehead atoms. The van der Waals surface area contributed by atoms with E-state index < -0.39 is 12.1 Å². The summed E-state index contributed by atoms with van der Waals surface area (Å²) in [6, 6.07) is 2.42. The van der Waals surface area contributed by atoms with Crippen LogP contribution in [-0.4, -0.2) is 27.4 Å². The lowest BCUT2D eigenvalue weighted by atomic mass is 10.1. The number of hydrogen-bond donors (Lipinski definition) is 3. The molecule has 3 N–H and O–H groups in total. The van der Waals surface area contributed by atoms with Crippen LogP contribution in [0.1, 0.15) is 5.56 Å². The Bertz CT molecular complexity index is 449. The second-order valence-corrected chi connectivity index (χ2v) is 3.11. The first-order valence-electron chi connectivity index (χ1n) is 4.21. The van der Waals surface area contributed by atoms with Gasteiger partial charge < -0.3 is 20.1 Å². The Morgan fingerprint density at radius 3 is 2.73 bits per heavy atom. The zero-order chi connectivity index (χ0) is 11.0. The van der Waals surface area contributed by atoms with E-state index in [4.69, 9.17) is 9.84 Å². The molecule has 1 aromatic carbocycles. The molecule has 15 heavy (non-hydrogen) atoms. The van der Waals surface area contributed by atoms with Crippen molar-refractivity contribution in [3.05, 3.63) is 23.8 Å². The van der Waals surface area contributed by atoms with Gasteiger partial charge in [-0.05, 0) is 12.2 Å². The summed E-state index contributed by atoms with van der Waals surface area (Å²) in [6.45, 7) is 0. The van der Waals surface area contributed by atoms with Crippen molar-refractivity contribution in [2.45, 2.75) is 6.10 Å². The van der Waals surface area contributed by atoms with Crippen LogP contribution < -0.4 is 4.74 Å². The van der Waals surface area contributed by atoms with Crippen molar-refractivity contribution < 1.29 is 24.9 Å². The molecule has 0 aromatic heterocycles. The van der Waals surface area contributed by atoms with Crippen LogP contribution in [0.15, 0.2) is 18.2 Å². The molecule has 0 saturated heterocycles. The average Bonchev–Trinajstić information content (AvgIpc) is 2.16. The Morgan fingerprint density at radius 2 is 2.07 bits per heavy atom. The average molecular weight is 208 g/mol. The van der Waals surface area contributed by atoms with Crippen molar-refractivity contribution in [2.24, 2.45) is 0 Å². The molecule has 2 rings (SSSR count). The molecule has 1 atom stereocenters. The van der Waals surface area contributed by atoms with E-state index in [0.717, 1.165) is 6.07 Å². The van der Waals surface area contributed by atoms with Gasteiger partial charge in [0.05, 0.1) is 5.56 Å². The predicted octanol–water partition coefficient (Wildman–Crippen LogP) is 0.957. The fourth-order valence-corrected chi connectivity index (χ4v) is 1.36. The fourth-order valence-electron chi connectivity index (χ4n) is 1.36. The summed E-state index contributed by atoms with van der Waals surface area (Å²) in [7, 11) is 0. The van der Waals surface area contributed by atoms with Crippen molar-refractivity contribution in [3.8, 4) is 17.2 Å². The third-order valence-corrected chi connectivity index (χ3v) is 2.04. The van der Waals surface area contributed by atoms with Gasteiger partial charge in [-0.2, -0.15) is 0 Å². The highest BCUT2D eigenvalue weighted by atomic mass is 16.5. The Balaban J connectivity index is 2.45. The predicted molar refractivity (Wildman–Crippen MR) is 50.9 cm³/mol. The van der Waals surface area contributed by atoms with Crippen LogP contribution in [0.4, 0.5) is 0 Å². The topological polar surface area (TPSA) is 87.0 Å². The molecule has 1 aliphatic rings. The van der Waals surface area contributed by atoms with Crippen LogP contribution in [-0.2, 0) is 4.79 Å². The number of hydrogen-bond acceptors (Lipinski definition) is 4. The van der Waals surface area contributed by atoms with Crippen molar-refractivity contribution in [1.29, 1.82) is 0 Å². The highest BCUT2D eigenvalue weighted by Crippen LogP contribution is 2.36. The molecule has 0 fully saturated rings. The Morgan fingerprint density at radius 1 is 1.33 bits per heavy atom. The highest BCUT2D eigenvalue weighted by Gasteiger charge is 2.23. The molecule has 5 heteroatoms. The fraction of sp³-hybridized carbons (Fsp3) is 0.100. The van der Waals surface area contributed by atoms with Gasteiger partial charge in [-0.25, -0.2) is 4.79 Å². The standard InChI is InChI=1S/C10H8O5/c11-5-3-7(12)6-1-2-8(10(13)14)15-9(6)4-5/h1-4,8,11-12H,(H,13,14). The van der Waals surface area contributed by atoms with Crippen molar-refractivity contribution >= 4 is 12.0 Å². The Kier molecular flexibility index (Phi) is 2.00. The monoisotopic (exact) mass is 208 g/mol. The number of carbonyl (C=O) groups is 1. The minimum atomic E-state index is -1.13. The van der Waals surface area contributed by atoms with Gasteiger partial charge in [0.2, 0.25) is 6.10 Å². The maximum atomic E-state index is 10.6. The zero-order valence-electron chi connectivity index (χ0n) is 7.54. The van der Waals surface area contributed by atoms with Crippen LogP contribution >= 0.6 is 0 Å². The van der Waals surface area contributed by atoms with E-state index in [1.54, 1.807) is 0 Å². The first-order chi connectivity index (χ1) is 7.08. The van der Waals surface area contributed by atoms with E-state index in [9.17, 15) is 15.0 Å². The number of rotatable bonds is 1. The lowest BCUT2D eigenvalue weighted by Crippen LogP contribution is -2.26. The molecule has 0 amide bonds. The molecule has 0 radical (unpaired) electrons. The van der Waals surface area contributed by atoms with Crippen molar-refractivity contribution in [1.82, 2.24) is 0 Å². The van der Waals surface area contributed by atoms with E-state index in [2.05, 4.69) is 0 Å². The van der Waals surface area contributed by atoms with Crippen LogP contribution in [0.25, 0.3) is 6.08 Å². The Hall–Kier alpha value is -2.17. The first-order valence-corrected chi connectivity index (χ1v) is 4.21. The molecule has 1 heterocycles. The highest BCUT2D eigenvalue weighted by molar-refractivity contribution is 5.80. The van der Waals surface area contributed by atoms with E-state index in [0.29, 0.717) is 5.56 Å². The third-order valence-electron chi connectivity index (χ3n) is 2.04. The molecular weight excluding hydrogens is 200 g/mol. The molecule has 0 saturated carbocycles. The molecule has 0 spiro atoms. The maximum Gasteiger partial charge on any atom is 0.349 e. The zero-order valence-corrected chi connectivity index (χ0v) is 7.54. The van der Waals surface area contributed by atoms with Gasteiger partial charge in [-0.3, -0.25) is 0 Å². The van der Waals surface area contributed by atoms with E-state index in [-0.39, 0.29) is 17.2 Å². The van der Waals surface area contributed by atoms with Gasteiger partial charge in [0.25, 0.3) is 0 Å². The SMILES string of the molecule is O=C(O)C1C=Cc2c(O)cc(O)cc2O1. The number of benzene rings is 1. The van der Waals surface area contributed by atoms with Gasteiger partial charge in [-0.15, -0.1) is 0 Å². The molecular formula is C10H8O5. The summed E-state index contributed by atoms with van der Waals surface area (Å²) in [4.78, 5) is 10.6. The number of carboxylic acid groups (broad SMARTS) is 1. The maximum absolute atomic E-state index is 10.6. The molecule has 1 unspecified atom stereocenters. The van der Waals surface area contributed by atoms with Crippen molar-refractivity contribution in [2.75, 3.05) is 0 Å². The van der Waals surface area contributed by atoms with E-state index in [1.807, 2.05) is 0 Å². The van der Waals surface area contributed by atoms with E-state index in [1.165, 1.54) is 18.2 Å². The Labute approximate surface area is 84.9 Å². The van der Waals surface area contributed by atoms with Crippen LogP contribution in [0, 0.1) is 0 Å². The van der Waals surface area contributed by atoms with Gasteiger partial charge in [-0.1, -0.05) is 0 Å². The number of phenols is 2. The van der Waals surface area contributed by atoms with Crippen LogP contribution in [0.5, 0.6) is 17.2 Å². The second-order valence-electron chi connectivity index (χ2n) is 3.11. The lowest BCUT2D eigenvalue weighted by molar-refractivity contribution is -0.142. The molecule has 0 aliphatic carbocycles.